The van der Waals surface area contributed by atoms with Crippen LogP contribution in [0.3, 0.4) is 0 Å². The van der Waals surface area contributed by atoms with Crippen LogP contribution in [0.5, 0.6) is 11.5 Å². The van der Waals surface area contributed by atoms with Gasteiger partial charge in [0.2, 0.25) is 0 Å². The van der Waals surface area contributed by atoms with Gasteiger partial charge >= 0.3 is 0 Å². The summed E-state index contributed by atoms with van der Waals surface area (Å²) in [5.74, 6) is -1.87. The van der Waals surface area contributed by atoms with E-state index >= 15 is 0 Å². The largest absolute Gasteiger partial charge is 0.508 e. The highest BCUT2D eigenvalue weighted by atomic mass is 19.1. The van der Waals surface area contributed by atoms with Crippen molar-refractivity contribution in [3.8, 4) is 11.5 Å². The Morgan fingerprint density at radius 2 is 1.74 bits per heavy atom. The van der Waals surface area contributed by atoms with Gasteiger partial charge in [0.1, 0.15) is 11.6 Å². The average Bonchev–Trinajstić information content (AvgIpc) is 2.33. The van der Waals surface area contributed by atoms with Crippen LogP contribution < -0.4 is 5.32 Å². The molecule has 19 heavy (non-hydrogen) atoms. The summed E-state index contributed by atoms with van der Waals surface area (Å²) in [6, 6.07) is 7.29. The number of anilines is 1. The predicted octanol–water partition coefficient (Wildman–Crippen LogP) is 3.55. The summed E-state index contributed by atoms with van der Waals surface area (Å²) in [7, 11) is 0. The Balaban J connectivity index is 2.20. The van der Waals surface area contributed by atoms with Gasteiger partial charge in [0.25, 0.3) is 0 Å². The van der Waals surface area contributed by atoms with Crippen molar-refractivity contribution in [1.29, 1.82) is 0 Å². The number of nitrogens with one attached hydrogen (secondary N) is 1. The van der Waals surface area contributed by atoms with Crippen LogP contribution in [0.4, 0.5) is 14.5 Å². The van der Waals surface area contributed by atoms with Gasteiger partial charge in [-0.1, -0.05) is 6.07 Å². The maximum atomic E-state index is 13.6. The van der Waals surface area contributed by atoms with Gasteiger partial charge in [-0.2, -0.15) is 0 Å². The zero-order valence-corrected chi connectivity index (χ0v) is 10.2. The molecule has 2 rings (SSSR count). The third kappa shape index (κ3) is 2.93. The fourth-order valence-corrected chi connectivity index (χ4v) is 1.79. The summed E-state index contributed by atoms with van der Waals surface area (Å²) < 4.78 is 26.8. The highest BCUT2D eigenvalue weighted by molar-refractivity contribution is 5.49. The summed E-state index contributed by atoms with van der Waals surface area (Å²) in [5.41, 5.74) is 0.779. The van der Waals surface area contributed by atoms with Crippen molar-refractivity contribution in [3.63, 3.8) is 0 Å². The topological polar surface area (TPSA) is 52.5 Å². The van der Waals surface area contributed by atoms with Crippen LogP contribution >= 0.6 is 0 Å². The third-order valence-electron chi connectivity index (χ3n) is 2.78. The molecular formula is C14H13F2NO2. The van der Waals surface area contributed by atoms with Crippen molar-refractivity contribution in [2.75, 3.05) is 5.32 Å². The minimum absolute atomic E-state index is 0.149. The first-order valence-electron chi connectivity index (χ1n) is 5.71. The predicted molar refractivity (Wildman–Crippen MR) is 68.2 cm³/mol. The number of hydrogen-bond acceptors (Lipinski definition) is 3. The number of benzene rings is 2. The van der Waals surface area contributed by atoms with Gasteiger partial charge in [0.05, 0.1) is 6.04 Å². The van der Waals surface area contributed by atoms with E-state index in [1.807, 2.05) is 0 Å². The summed E-state index contributed by atoms with van der Waals surface area (Å²) >= 11 is 0. The minimum Gasteiger partial charge on any atom is -0.508 e. The molecule has 0 spiro atoms. The van der Waals surface area contributed by atoms with Crippen LogP contribution in [0.15, 0.2) is 36.4 Å². The Hall–Kier alpha value is -2.30. The highest BCUT2D eigenvalue weighted by Crippen LogP contribution is 2.26. The smallest absolute Gasteiger partial charge is 0.166 e. The molecule has 5 heteroatoms. The SMILES string of the molecule is CC(Nc1ccc(O)c(F)c1)c1ccc(O)cc1F. The molecule has 0 aromatic heterocycles. The van der Waals surface area contributed by atoms with Crippen molar-refractivity contribution in [2.24, 2.45) is 0 Å². The van der Waals surface area contributed by atoms with Gasteiger partial charge in [0, 0.05) is 23.4 Å². The minimum atomic E-state index is -0.747. The van der Waals surface area contributed by atoms with Crippen LogP contribution in [0, 0.1) is 11.6 Å². The Morgan fingerprint density at radius 1 is 1.00 bits per heavy atom. The Bertz CT molecular complexity index is 602. The second kappa shape index (κ2) is 5.14. The standard InChI is InChI=1S/C14H13F2NO2/c1-8(11-4-3-10(18)7-12(11)15)17-9-2-5-14(19)13(16)6-9/h2-8,17-19H,1H3. The Kier molecular flexibility index (Phi) is 3.55. The number of phenols is 2. The van der Waals surface area contributed by atoms with Crippen molar-refractivity contribution >= 4 is 5.69 Å². The molecule has 0 aliphatic rings. The molecule has 0 heterocycles. The van der Waals surface area contributed by atoms with E-state index in [1.165, 1.54) is 24.3 Å². The van der Waals surface area contributed by atoms with Crippen molar-refractivity contribution in [1.82, 2.24) is 0 Å². The summed E-state index contributed by atoms with van der Waals surface area (Å²) in [6.07, 6.45) is 0. The zero-order chi connectivity index (χ0) is 14.0. The molecule has 0 bridgehead atoms. The molecule has 2 aromatic rings. The van der Waals surface area contributed by atoms with Crippen LogP contribution in [0.2, 0.25) is 0 Å². The molecule has 1 atom stereocenters. The van der Waals surface area contributed by atoms with Crippen LogP contribution in [0.1, 0.15) is 18.5 Å². The van der Waals surface area contributed by atoms with E-state index < -0.39 is 23.4 Å². The van der Waals surface area contributed by atoms with Gasteiger partial charge < -0.3 is 15.5 Å². The van der Waals surface area contributed by atoms with E-state index in [4.69, 9.17) is 10.2 Å². The molecule has 0 fully saturated rings. The molecule has 100 valence electrons. The molecular weight excluding hydrogens is 252 g/mol. The first kappa shape index (κ1) is 13.1. The second-order valence-electron chi connectivity index (χ2n) is 4.24. The third-order valence-corrected chi connectivity index (χ3v) is 2.78. The fourth-order valence-electron chi connectivity index (χ4n) is 1.79. The number of halogens is 2. The lowest BCUT2D eigenvalue weighted by atomic mass is 10.1. The number of rotatable bonds is 3. The van der Waals surface area contributed by atoms with E-state index in [-0.39, 0.29) is 5.75 Å². The molecule has 0 aliphatic heterocycles. The number of aromatic hydroxyl groups is 2. The lowest BCUT2D eigenvalue weighted by Gasteiger charge is -2.16. The highest BCUT2D eigenvalue weighted by Gasteiger charge is 2.12. The molecule has 1 unspecified atom stereocenters. The fraction of sp³-hybridized carbons (Fsp3) is 0.143. The summed E-state index contributed by atoms with van der Waals surface area (Å²) in [6.45, 7) is 1.71. The van der Waals surface area contributed by atoms with E-state index in [9.17, 15) is 8.78 Å². The average molecular weight is 265 g/mol. The first-order chi connectivity index (χ1) is 8.97. The van der Waals surface area contributed by atoms with Crippen LogP contribution in [-0.4, -0.2) is 10.2 Å². The maximum Gasteiger partial charge on any atom is 0.166 e. The van der Waals surface area contributed by atoms with E-state index in [1.54, 1.807) is 6.92 Å². The molecule has 2 aromatic carbocycles. The lowest BCUT2D eigenvalue weighted by Crippen LogP contribution is -2.08. The molecule has 0 saturated heterocycles. The van der Waals surface area contributed by atoms with Crippen LogP contribution in [0.25, 0.3) is 0 Å². The van der Waals surface area contributed by atoms with Crippen molar-refractivity contribution < 1.29 is 19.0 Å². The van der Waals surface area contributed by atoms with Gasteiger partial charge in [-0.05, 0) is 25.1 Å². The Labute approximate surface area is 109 Å². The zero-order valence-electron chi connectivity index (χ0n) is 10.2. The van der Waals surface area contributed by atoms with Gasteiger partial charge in [-0.25, -0.2) is 8.78 Å². The van der Waals surface area contributed by atoms with E-state index in [0.717, 1.165) is 12.1 Å². The summed E-state index contributed by atoms with van der Waals surface area (Å²) in [4.78, 5) is 0. The lowest BCUT2D eigenvalue weighted by molar-refractivity contribution is 0.432. The second-order valence-corrected chi connectivity index (χ2v) is 4.24. The summed E-state index contributed by atoms with van der Waals surface area (Å²) in [5, 5.41) is 21.1. The monoisotopic (exact) mass is 265 g/mol. The van der Waals surface area contributed by atoms with E-state index in [0.29, 0.717) is 11.3 Å². The molecule has 0 radical (unpaired) electrons. The molecule has 0 aliphatic carbocycles. The van der Waals surface area contributed by atoms with Crippen LogP contribution in [-0.2, 0) is 0 Å². The Morgan fingerprint density at radius 3 is 2.37 bits per heavy atom. The van der Waals surface area contributed by atoms with Gasteiger partial charge in [0.15, 0.2) is 11.6 Å². The number of phenolic OH excluding ortho intramolecular Hbond substituents is 2. The molecule has 3 nitrogen and oxygen atoms in total. The normalized spacial score (nSPS) is 12.2. The van der Waals surface area contributed by atoms with Crippen molar-refractivity contribution in [2.45, 2.75) is 13.0 Å². The van der Waals surface area contributed by atoms with Crippen molar-refractivity contribution in [3.05, 3.63) is 53.6 Å². The quantitative estimate of drug-likeness (QED) is 0.744. The molecule has 3 N–H and O–H groups in total. The molecule has 0 amide bonds. The van der Waals surface area contributed by atoms with E-state index in [2.05, 4.69) is 5.32 Å². The molecule has 0 saturated carbocycles. The van der Waals surface area contributed by atoms with Gasteiger partial charge in [-0.3, -0.25) is 0 Å². The van der Waals surface area contributed by atoms with Gasteiger partial charge in [-0.15, -0.1) is 0 Å². The maximum absolute atomic E-state index is 13.6. The number of hydrogen-bond donors (Lipinski definition) is 3. The first-order valence-corrected chi connectivity index (χ1v) is 5.71.